The highest BCUT2D eigenvalue weighted by Gasteiger charge is 2.33. The van der Waals surface area contributed by atoms with Crippen LogP contribution in [0, 0.1) is 11.8 Å². The Bertz CT molecular complexity index is 631. The quantitative estimate of drug-likeness (QED) is 0.193. The lowest BCUT2D eigenvalue weighted by molar-refractivity contribution is -0.145. The molecule has 0 radical (unpaired) electrons. The summed E-state index contributed by atoms with van der Waals surface area (Å²) < 4.78 is 0. The number of rotatable bonds is 15. The van der Waals surface area contributed by atoms with Gasteiger partial charge in [-0.15, -0.1) is 0 Å². The minimum atomic E-state index is -1.50. The molecule has 186 valence electrons. The number of amides is 3. The van der Waals surface area contributed by atoms with E-state index >= 15 is 0 Å². The lowest BCUT2D eigenvalue weighted by Gasteiger charge is -2.28. The lowest BCUT2D eigenvalue weighted by Crippen LogP contribution is -2.59. The molecule has 0 bridgehead atoms. The first kappa shape index (κ1) is 30.1. The molecule has 0 aliphatic rings. The van der Waals surface area contributed by atoms with Crippen molar-refractivity contribution < 1.29 is 29.4 Å². The van der Waals surface area contributed by atoms with E-state index in [-0.39, 0.29) is 18.3 Å². The lowest BCUT2D eigenvalue weighted by atomic mass is 9.96. The van der Waals surface area contributed by atoms with Crippen LogP contribution >= 0.6 is 11.8 Å². The van der Waals surface area contributed by atoms with Gasteiger partial charge in [-0.2, -0.15) is 11.8 Å². The number of carboxylic acids is 1. The number of carboxylic acid groups (broad SMARTS) is 1. The summed E-state index contributed by atoms with van der Waals surface area (Å²) in [5.41, 5.74) is 5.94. The van der Waals surface area contributed by atoms with Crippen LogP contribution in [0.3, 0.4) is 0 Å². The highest BCUT2D eigenvalue weighted by atomic mass is 32.2. The van der Waals surface area contributed by atoms with E-state index in [2.05, 4.69) is 16.0 Å². The molecule has 0 fully saturated rings. The van der Waals surface area contributed by atoms with Crippen molar-refractivity contribution in [2.45, 2.75) is 84.2 Å². The van der Waals surface area contributed by atoms with E-state index in [1.165, 1.54) is 18.7 Å². The molecular weight excluding hydrogens is 436 g/mol. The number of hydrogen-bond acceptors (Lipinski definition) is 7. The van der Waals surface area contributed by atoms with Crippen LogP contribution in [0.25, 0.3) is 0 Å². The number of carbonyl (C=O) groups is 4. The molecular formula is C21H40N4O6S. The molecule has 10 nitrogen and oxygen atoms in total. The summed E-state index contributed by atoms with van der Waals surface area (Å²) in [6.07, 6.45) is 1.84. The van der Waals surface area contributed by atoms with E-state index in [0.29, 0.717) is 18.6 Å². The molecule has 0 aromatic rings. The van der Waals surface area contributed by atoms with Crippen LogP contribution in [-0.2, 0) is 19.2 Å². The van der Waals surface area contributed by atoms with Gasteiger partial charge in [0.25, 0.3) is 0 Å². The molecule has 0 aromatic carbocycles. The zero-order chi connectivity index (χ0) is 25.0. The molecule has 32 heavy (non-hydrogen) atoms. The molecule has 0 saturated heterocycles. The Morgan fingerprint density at radius 3 is 1.94 bits per heavy atom. The van der Waals surface area contributed by atoms with Gasteiger partial charge < -0.3 is 31.9 Å². The Balaban J connectivity index is 5.49. The molecule has 0 saturated carbocycles. The summed E-state index contributed by atoms with van der Waals surface area (Å²) in [4.78, 5) is 49.6. The molecule has 0 aliphatic carbocycles. The second-order valence-corrected chi connectivity index (χ2v) is 9.50. The van der Waals surface area contributed by atoms with Gasteiger partial charge >= 0.3 is 5.97 Å². The number of nitrogens with two attached hydrogens (primary N) is 1. The monoisotopic (exact) mass is 476 g/mol. The van der Waals surface area contributed by atoms with Crippen molar-refractivity contribution in [2.24, 2.45) is 17.6 Å². The van der Waals surface area contributed by atoms with Crippen LogP contribution in [-0.4, -0.2) is 76.2 Å². The predicted octanol–water partition coefficient (Wildman–Crippen LogP) is 0.0788. The van der Waals surface area contributed by atoms with Gasteiger partial charge in [-0.1, -0.05) is 34.1 Å². The Labute approximate surface area is 194 Å². The molecule has 7 N–H and O–H groups in total. The van der Waals surface area contributed by atoms with E-state index in [4.69, 9.17) is 5.73 Å². The Kier molecular flexibility index (Phi) is 14.2. The Morgan fingerprint density at radius 2 is 1.50 bits per heavy atom. The van der Waals surface area contributed by atoms with Crippen LogP contribution < -0.4 is 21.7 Å². The third-order valence-corrected chi connectivity index (χ3v) is 5.79. The number of nitrogens with one attached hydrogen (secondary N) is 3. The van der Waals surface area contributed by atoms with Gasteiger partial charge in [-0.05, 0) is 43.6 Å². The first-order chi connectivity index (χ1) is 14.8. The molecule has 0 spiro atoms. The van der Waals surface area contributed by atoms with E-state index in [1.54, 1.807) is 0 Å². The number of aliphatic carboxylic acids is 1. The average Bonchev–Trinajstić information content (AvgIpc) is 2.70. The summed E-state index contributed by atoms with van der Waals surface area (Å²) in [7, 11) is 0. The van der Waals surface area contributed by atoms with E-state index in [9.17, 15) is 29.4 Å². The molecule has 0 aliphatic heterocycles. The van der Waals surface area contributed by atoms with Crippen molar-refractivity contribution >= 4 is 35.5 Å². The van der Waals surface area contributed by atoms with Crippen LogP contribution in [0.15, 0.2) is 0 Å². The van der Waals surface area contributed by atoms with Gasteiger partial charge in [-0.3, -0.25) is 14.4 Å². The molecule has 6 unspecified atom stereocenters. The van der Waals surface area contributed by atoms with Crippen molar-refractivity contribution in [3.8, 4) is 0 Å². The normalized spacial score (nSPS) is 16.9. The third kappa shape index (κ3) is 10.6. The van der Waals surface area contributed by atoms with Gasteiger partial charge in [0.1, 0.15) is 12.1 Å². The fourth-order valence-corrected chi connectivity index (χ4v) is 3.46. The molecule has 11 heteroatoms. The Hall–Kier alpha value is -1.85. The minimum Gasteiger partial charge on any atom is -0.480 e. The smallest absolute Gasteiger partial charge is 0.328 e. The summed E-state index contributed by atoms with van der Waals surface area (Å²) in [6.45, 7) is 8.83. The first-order valence-corrected chi connectivity index (χ1v) is 12.3. The topological polar surface area (TPSA) is 171 Å². The van der Waals surface area contributed by atoms with Crippen LogP contribution in [0.2, 0.25) is 0 Å². The molecule has 6 atom stereocenters. The van der Waals surface area contributed by atoms with Crippen LogP contribution in [0.5, 0.6) is 0 Å². The molecule has 0 heterocycles. The number of carbonyl (C=O) groups excluding carboxylic acids is 3. The maximum absolute atomic E-state index is 13.0. The van der Waals surface area contributed by atoms with Gasteiger partial charge in [-0.25, -0.2) is 4.79 Å². The number of aliphatic hydroxyl groups excluding tert-OH is 1. The van der Waals surface area contributed by atoms with Crippen molar-refractivity contribution in [1.29, 1.82) is 0 Å². The van der Waals surface area contributed by atoms with Crippen molar-refractivity contribution in [3.05, 3.63) is 0 Å². The zero-order valence-electron chi connectivity index (χ0n) is 19.9. The highest BCUT2D eigenvalue weighted by molar-refractivity contribution is 7.98. The van der Waals surface area contributed by atoms with E-state index < -0.39 is 54.0 Å². The maximum atomic E-state index is 13.0. The molecule has 0 aromatic heterocycles. The summed E-state index contributed by atoms with van der Waals surface area (Å²) in [5.74, 6) is -2.57. The standard InChI is InChI=1S/C21H40N4O6S/c1-7-12(4)16(24-18(27)14(22)10-11(2)3)20(29)23-15(8-9-32-6)19(28)25-17(13(5)26)21(30)31/h11-17,26H,7-10,22H2,1-6H3,(H,23,29)(H,24,27)(H,25,28)(H,30,31). The van der Waals surface area contributed by atoms with E-state index in [0.717, 1.165) is 0 Å². The SMILES string of the molecule is CCC(C)C(NC(=O)C(N)CC(C)C)C(=O)NC(CCSC)C(=O)NC(C(=O)O)C(C)O. The van der Waals surface area contributed by atoms with Crippen LogP contribution in [0.1, 0.15) is 53.9 Å². The fourth-order valence-electron chi connectivity index (χ4n) is 2.99. The van der Waals surface area contributed by atoms with Gasteiger partial charge in [0.05, 0.1) is 12.1 Å². The molecule has 3 amide bonds. The van der Waals surface area contributed by atoms with E-state index in [1.807, 2.05) is 34.0 Å². The number of thioether (sulfide) groups is 1. The maximum Gasteiger partial charge on any atom is 0.328 e. The number of hydrogen-bond donors (Lipinski definition) is 6. The van der Waals surface area contributed by atoms with Crippen LogP contribution in [0.4, 0.5) is 0 Å². The number of aliphatic hydroxyl groups is 1. The fraction of sp³-hybridized carbons (Fsp3) is 0.810. The molecule has 0 rings (SSSR count). The van der Waals surface area contributed by atoms with Crippen molar-refractivity contribution in [3.63, 3.8) is 0 Å². The largest absolute Gasteiger partial charge is 0.480 e. The second-order valence-electron chi connectivity index (χ2n) is 8.52. The highest BCUT2D eigenvalue weighted by Crippen LogP contribution is 2.11. The summed E-state index contributed by atoms with van der Waals surface area (Å²) >= 11 is 1.46. The summed E-state index contributed by atoms with van der Waals surface area (Å²) in [6, 6.07) is -4.19. The average molecular weight is 477 g/mol. The zero-order valence-corrected chi connectivity index (χ0v) is 20.7. The van der Waals surface area contributed by atoms with Gasteiger partial charge in [0, 0.05) is 0 Å². The van der Waals surface area contributed by atoms with Gasteiger partial charge in [0.2, 0.25) is 17.7 Å². The summed E-state index contributed by atoms with van der Waals surface area (Å²) in [5, 5.41) is 26.5. The predicted molar refractivity (Wildman–Crippen MR) is 125 cm³/mol. The van der Waals surface area contributed by atoms with Crippen molar-refractivity contribution in [1.82, 2.24) is 16.0 Å². The van der Waals surface area contributed by atoms with Crippen molar-refractivity contribution in [2.75, 3.05) is 12.0 Å². The third-order valence-electron chi connectivity index (χ3n) is 5.15. The minimum absolute atomic E-state index is 0.211. The first-order valence-electron chi connectivity index (χ1n) is 10.9. The van der Waals surface area contributed by atoms with Gasteiger partial charge in [0.15, 0.2) is 6.04 Å². The Morgan fingerprint density at radius 1 is 0.938 bits per heavy atom. The second kappa shape index (κ2) is 15.1.